The van der Waals surface area contributed by atoms with E-state index in [-0.39, 0.29) is 0 Å². The number of aliphatic carboxylic acids is 2. The molecule has 0 aromatic carbocycles. The first kappa shape index (κ1) is 16.8. The lowest BCUT2D eigenvalue weighted by atomic mass is 10.2. The van der Waals surface area contributed by atoms with E-state index in [9.17, 15) is 9.59 Å². The third kappa shape index (κ3) is 14.9. The van der Waals surface area contributed by atoms with Crippen LogP contribution in [0.1, 0.15) is 13.3 Å². The molecule has 0 bridgehead atoms. The lowest BCUT2D eigenvalue weighted by Gasteiger charge is -2.05. The molecule has 0 unspecified atom stereocenters. The van der Waals surface area contributed by atoms with Crippen molar-refractivity contribution >= 4 is 11.9 Å². The molecule has 16 heavy (non-hydrogen) atoms. The molecule has 2 N–H and O–H groups in total. The van der Waals surface area contributed by atoms with Crippen LogP contribution in [0.25, 0.3) is 0 Å². The Kier molecular flexibility index (Phi) is 10.4. The standard InChI is InChI=1S/C8H15NO2.C3H4O2/c1-7(8(10)11)5-4-6-9(2)3;1-2-3(4)5/h5H,4,6H2,1-3H3,(H,10,11);2H,1H2,(H,4,5). The van der Waals surface area contributed by atoms with Gasteiger partial charge in [-0.05, 0) is 27.4 Å². The van der Waals surface area contributed by atoms with Gasteiger partial charge in [0.05, 0.1) is 0 Å². The van der Waals surface area contributed by atoms with E-state index in [1.54, 1.807) is 13.0 Å². The summed E-state index contributed by atoms with van der Waals surface area (Å²) < 4.78 is 0. The van der Waals surface area contributed by atoms with E-state index >= 15 is 0 Å². The second-order valence-electron chi connectivity index (χ2n) is 3.33. The number of rotatable bonds is 5. The molecule has 0 rings (SSSR count). The lowest BCUT2D eigenvalue weighted by molar-refractivity contribution is -0.133. The number of carboxylic acids is 2. The van der Waals surface area contributed by atoms with Crippen LogP contribution in [0.3, 0.4) is 0 Å². The molecular weight excluding hydrogens is 210 g/mol. The van der Waals surface area contributed by atoms with Gasteiger partial charge in [-0.25, -0.2) is 9.59 Å². The van der Waals surface area contributed by atoms with E-state index in [2.05, 4.69) is 6.58 Å². The lowest BCUT2D eigenvalue weighted by Crippen LogP contribution is -2.12. The summed E-state index contributed by atoms with van der Waals surface area (Å²) in [4.78, 5) is 21.6. The summed E-state index contributed by atoms with van der Waals surface area (Å²) in [6, 6.07) is 0. The molecule has 0 aliphatic heterocycles. The van der Waals surface area contributed by atoms with Crippen molar-refractivity contribution in [1.29, 1.82) is 0 Å². The Morgan fingerprint density at radius 2 is 1.75 bits per heavy atom. The zero-order valence-electron chi connectivity index (χ0n) is 9.93. The molecule has 0 aliphatic carbocycles. The first-order chi connectivity index (χ1) is 7.31. The average molecular weight is 229 g/mol. The third-order valence-electron chi connectivity index (χ3n) is 1.54. The molecule has 0 aromatic rings. The Labute approximate surface area is 95.7 Å². The topological polar surface area (TPSA) is 77.8 Å². The van der Waals surface area contributed by atoms with Crippen molar-refractivity contribution in [2.24, 2.45) is 0 Å². The summed E-state index contributed by atoms with van der Waals surface area (Å²) in [5.41, 5.74) is 0.423. The maximum Gasteiger partial charge on any atom is 0.330 e. The molecule has 0 fully saturated rings. The van der Waals surface area contributed by atoms with Gasteiger partial charge in [-0.2, -0.15) is 0 Å². The molecule has 0 saturated carbocycles. The van der Waals surface area contributed by atoms with E-state index < -0.39 is 11.9 Å². The fraction of sp³-hybridized carbons (Fsp3) is 0.455. The van der Waals surface area contributed by atoms with Gasteiger partial charge in [0.25, 0.3) is 0 Å². The van der Waals surface area contributed by atoms with Crippen LogP contribution in [0.2, 0.25) is 0 Å². The zero-order valence-corrected chi connectivity index (χ0v) is 9.93. The smallest absolute Gasteiger partial charge is 0.330 e. The Morgan fingerprint density at radius 3 is 2.00 bits per heavy atom. The van der Waals surface area contributed by atoms with Crippen molar-refractivity contribution in [2.75, 3.05) is 20.6 Å². The molecule has 0 saturated heterocycles. The summed E-state index contributed by atoms with van der Waals surface area (Å²) in [5.74, 6) is -1.81. The van der Waals surface area contributed by atoms with Gasteiger partial charge < -0.3 is 15.1 Å². The van der Waals surface area contributed by atoms with Crippen molar-refractivity contribution in [3.63, 3.8) is 0 Å². The second kappa shape index (κ2) is 9.92. The first-order valence-corrected chi connectivity index (χ1v) is 4.71. The quantitative estimate of drug-likeness (QED) is 0.693. The second-order valence-corrected chi connectivity index (χ2v) is 3.33. The predicted molar refractivity (Wildman–Crippen MR) is 62.4 cm³/mol. The molecule has 5 nitrogen and oxygen atoms in total. The van der Waals surface area contributed by atoms with Crippen LogP contribution < -0.4 is 0 Å². The summed E-state index contributed by atoms with van der Waals surface area (Å²) in [6.45, 7) is 5.46. The van der Waals surface area contributed by atoms with Crippen LogP contribution in [0.5, 0.6) is 0 Å². The largest absolute Gasteiger partial charge is 0.478 e. The SMILES string of the molecule is C=CC(=O)O.CC(=CCCN(C)C)C(=O)O. The van der Waals surface area contributed by atoms with Crippen LogP contribution in [0.4, 0.5) is 0 Å². The average Bonchev–Trinajstić information content (AvgIpc) is 2.17. The van der Waals surface area contributed by atoms with Crippen LogP contribution in [0.15, 0.2) is 24.3 Å². The molecule has 0 amide bonds. The monoisotopic (exact) mass is 229 g/mol. The Balaban J connectivity index is 0. The third-order valence-corrected chi connectivity index (χ3v) is 1.54. The van der Waals surface area contributed by atoms with Crippen molar-refractivity contribution in [2.45, 2.75) is 13.3 Å². The summed E-state index contributed by atoms with van der Waals surface area (Å²) >= 11 is 0. The molecular formula is C11H19NO4. The van der Waals surface area contributed by atoms with Crippen molar-refractivity contribution in [3.05, 3.63) is 24.3 Å². The molecule has 0 radical (unpaired) electrons. The molecule has 0 aliphatic rings. The number of nitrogens with zero attached hydrogens (tertiary/aromatic N) is 1. The minimum atomic E-state index is -0.981. The fourth-order valence-electron chi connectivity index (χ4n) is 0.627. The summed E-state index contributed by atoms with van der Waals surface area (Å²) in [5, 5.41) is 16.1. The highest BCUT2D eigenvalue weighted by atomic mass is 16.4. The predicted octanol–water partition coefficient (Wildman–Crippen LogP) is 1.23. The van der Waals surface area contributed by atoms with Gasteiger partial charge in [-0.15, -0.1) is 0 Å². The van der Waals surface area contributed by atoms with Gasteiger partial charge in [0.15, 0.2) is 0 Å². The number of carbonyl (C=O) groups is 2. The maximum absolute atomic E-state index is 10.3. The number of hydrogen-bond donors (Lipinski definition) is 2. The van der Waals surface area contributed by atoms with Gasteiger partial charge in [0.1, 0.15) is 0 Å². The first-order valence-electron chi connectivity index (χ1n) is 4.71. The Morgan fingerprint density at radius 1 is 1.31 bits per heavy atom. The molecule has 0 atom stereocenters. The minimum absolute atomic E-state index is 0.423. The van der Waals surface area contributed by atoms with Gasteiger partial charge in [0, 0.05) is 18.2 Å². The van der Waals surface area contributed by atoms with Crippen molar-refractivity contribution in [1.82, 2.24) is 4.90 Å². The van der Waals surface area contributed by atoms with Crippen molar-refractivity contribution < 1.29 is 19.8 Å². The minimum Gasteiger partial charge on any atom is -0.478 e. The molecule has 0 aromatic heterocycles. The highest BCUT2D eigenvalue weighted by Gasteiger charge is 1.97. The van der Waals surface area contributed by atoms with E-state index in [1.165, 1.54) is 0 Å². The van der Waals surface area contributed by atoms with Crippen LogP contribution in [0, 0.1) is 0 Å². The molecule has 0 heterocycles. The van der Waals surface area contributed by atoms with E-state index in [4.69, 9.17) is 10.2 Å². The van der Waals surface area contributed by atoms with E-state index in [0.717, 1.165) is 19.0 Å². The van der Waals surface area contributed by atoms with Gasteiger partial charge in [-0.1, -0.05) is 12.7 Å². The summed E-state index contributed by atoms with van der Waals surface area (Å²) in [6.07, 6.45) is 3.37. The van der Waals surface area contributed by atoms with E-state index in [1.807, 2.05) is 19.0 Å². The highest BCUT2D eigenvalue weighted by molar-refractivity contribution is 5.85. The van der Waals surface area contributed by atoms with Crippen LogP contribution in [-0.2, 0) is 9.59 Å². The van der Waals surface area contributed by atoms with E-state index in [0.29, 0.717) is 5.57 Å². The van der Waals surface area contributed by atoms with Gasteiger partial charge >= 0.3 is 11.9 Å². The molecule has 5 heteroatoms. The number of hydrogen-bond acceptors (Lipinski definition) is 3. The maximum atomic E-state index is 10.3. The summed E-state index contributed by atoms with van der Waals surface area (Å²) in [7, 11) is 3.92. The molecule has 92 valence electrons. The van der Waals surface area contributed by atoms with Crippen LogP contribution in [-0.4, -0.2) is 47.7 Å². The highest BCUT2D eigenvalue weighted by Crippen LogP contribution is 1.95. The van der Waals surface area contributed by atoms with Crippen molar-refractivity contribution in [3.8, 4) is 0 Å². The normalized spacial score (nSPS) is 10.4. The molecule has 0 spiro atoms. The van der Waals surface area contributed by atoms with Gasteiger partial charge in [-0.3, -0.25) is 0 Å². The fourth-order valence-corrected chi connectivity index (χ4v) is 0.627. The van der Waals surface area contributed by atoms with Crippen LogP contribution >= 0.6 is 0 Å². The van der Waals surface area contributed by atoms with Gasteiger partial charge in [0.2, 0.25) is 0 Å². The Bertz CT molecular complexity index is 269. The Hall–Kier alpha value is -1.62. The zero-order chi connectivity index (χ0) is 13.1. The number of carboxylic acid groups (broad SMARTS) is 2.